The van der Waals surface area contributed by atoms with Gasteiger partial charge in [0.2, 0.25) is 0 Å². The summed E-state index contributed by atoms with van der Waals surface area (Å²) in [5.41, 5.74) is 5.62. The molecule has 1 aromatic carbocycles. The largest absolute Gasteiger partial charge is 0.381 e. The Kier molecular flexibility index (Phi) is 3.21. The van der Waals surface area contributed by atoms with Crippen LogP contribution < -0.4 is 5.73 Å². The maximum atomic E-state index is 13.6. The number of hydrogen-bond donors (Lipinski definition) is 1. The maximum absolute atomic E-state index is 13.6. The summed E-state index contributed by atoms with van der Waals surface area (Å²) in [7, 11) is 0. The van der Waals surface area contributed by atoms with Crippen molar-refractivity contribution in [2.24, 2.45) is 5.73 Å². The molecular formula is C12H15F2NO. The molecule has 1 atom stereocenters. The van der Waals surface area contributed by atoms with Gasteiger partial charge in [-0.1, -0.05) is 0 Å². The van der Waals surface area contributed by atoms with Crippen molar-refractivity contribution in [3.63, 3.8) is 0 Å². The van der Waals surface area contributed by atoms with Crippen molar-refractivity contribution < 1.29 is 13.5 Å². The average Bonchev–Trinajstić information content (AvgIpc) is 2.48. The lowest BCUT2D eigenvalue weighted by atomic mass is 9.84. The summed E-state index contributed by atoms with van der Waals surface area (Å²) >= 11 is 0. The normalized spacial score (nSPS) is 26.4. The Morgan fingerprint density at radius 3 is 2.81 bits per heavy atom. The van der Waals surface area contributed by atoms with Crippen LogP contribution in [-0.4, -0.2) is 13.2 Å². The highest BCUT2D eigenvalue weighted by Crippen LogP contribution is 2.31. The van der Waals surface area contributed by atoms with Crippen LogP contribution in [0.4, 0.5) is 8.78 Å². The molecular weight excluding hydrogens is 212 g/mol. The molecule has 0 radical (unpaired) electrons. The highest BCUT2D eigenvalue weighted by atomic mass is 19.1. The summed E-state index contributed by atoms with van der Waals surface area (Å²) in [6.45, 7) is 1.13. The third-order valence-corrected chi connectivity index (χ3v) is 3.07. The number of hydrogen-bond acceptors (Lipinski definition) is 2. The Bertz CT molecular complexity index is 373. The second-order valence-electron chi connectivity index (χ2n) is 4.25. The van der Waals surface area contributed by atoms with Crippen molar-refractivity contribution in [2.75, 3.05) is 13.2 Å². The van der Waals surface area contributed by atoms with Gasteiger partial charge in [0.05, 0.1) is 0 Å². The van der Waals surface area contributed by atoms with Crippen molar-refractivity contribution in [2.45, 2.75) is 24.8 Å². The molecule has 0 aromatic heterocycles. The molecule has 1 heterocycles. The molecule has 16 heavy (non-hydrogen) atoms. The van der Waals surface area contributed by atoms with E-state index in [9.17, 15) is 8.78 Å². The van der Waals surface area contributed by atoms with Gasteiger partial charge in [-0.2, -0.15) is 0 Å². The van der Waals surface area contributed by atoms with Crippen LogP contribution >= 0.6 is 0 Å². The molecule has 0 amide bonds. The van der Waals surface area contributed by atoms with Gasteiger partial charge >= 0.3 is 0 Å². The first-order chi connectivity index (χ1) is 7.62. The minimum atomic E-state index is -0.803. The fraction of sp³-hybridized carbons (Fsp3) is 0.500. The predicted octanol–water partition coefficient (Wildman–Crippen LogP) is 2.32. The summed E-state index contributed by atoms with van der Waals surface area (Å²) in [6.07, 6.45) is 1.91. The van der Waals surface area contributed by atoms with Crippen molar-refractivity contribution in [3.8, 4) is 0 Å². The molecule has 1 fully saturated rings. The topological polar surface area (TPSA) is 35.2 Å². The lowest BCUT2D eigenvalue weighted by molar-refractivity contribution is 0.139. The summed E-state index contributed by atoms with van der Waals surface area (Å²) in [5, 5.41) is 0. The fourth-order valence-electron chi connectivity index (χ4n) is 2.12. The quantitative estimate of drug-likeness (QED) is 0.799. The van der Waals surface area contributed by atoms with E-state index in [0.717, 1.165) is 18.6 Å². The lowest BCUT2D eigenvalue weighted by Crippen LogP contribution is -2.38. The molecule has 1 aromatic rings. The SMILES string of the molecule is NC1(c2cc(F)ccc2F)CCCOCC1. The maximum Gasteiger partial charge on any atom is 0.128 e. The fourth-order valence-corrected chi connectivity index (χ4v) is 2.12. The van der Waals surface area contributed by atoms with Crippen molar-refractivity contribution in [3.05, 3.63) is 35.4 Å². The average molecular weight is 227 g/mol. The molecule has 88 valence electrons. The molecule has 1 unspecified atom stereocenters. The standard InChI is InChI=1S/C12H15F2NO/c13-9-2-3-11(14)10(8-9)12(15)4-1-6-16-7-5-12/h2-3,8H,1,4-7,15H2. The van der Waals surface area contributed by atoms with Gasteiger partial charge in [0.25, 0.3) is 0 Å². The number of halogens is 2. The van der Waals surface area contributed by atoms with Gasteiger partial charge in [-0.25, -0.2) is 8.78 Å². The van der Waals surface area contributed by atoms with E-state index >= 15 is 0 Å². The Hall–Kier alpha value is -1.00. The summed E-state index contributed by atoms with van der Waals surface area (Å²) in [5.74, 6) is -0.891. The molecule has 2 rings (SSSR count). The van der Waals surface area contributed by atoms with Gasteiger partial charge in [0.1, 0.15) is 11.6 Å². The summed E-state index contributed by atoms with van der Waals surface area (Å²) in [4.78, 5) is 0. The molecule has 4 heteroatoms. The van der Waals surface area contributed by atoms with Crippen LogP contribution in [0.5, 0.6) is 0 Å². The molecule has 0 aliphatic carbocycles. The van der Waals surface area contributed by atoms with Gasteiger partial charge in [-0.3, -0.25) is 0 Å². The number of nitrogens with two attached hydrogens (primary N) is 1. The monoisotopic (exact) mass is 227 g/mol. The molecule has 1 saturated heterocycles. The zero-order chi connectivity index (χ0) is 11.6. The molecule has 0 spiro atoms. The Labute approximate surface area is 93.4 Å². The van der Waals surface area contributed by atoms with Gasteiger partial charge in [0, 0.05) is 24.3 Å². The Morgan fingerprint density at radius 2 is 2.00 bits per heavy atom. The van der Waals surface area contributed by atoms with Gasteiger partial charge in [-0.15, -0.1) is 0 Å². The minimum Gasteiger partial charge on any atom is -0.381 e. The zero-order valence-corrected chi connectivity index (χ0v) is 9.01. The van der Waals surface area contributed by atoms with Crippen molar-refractivity contribution in [1.29, 1.82) is 0 Å². The second-order valence-corrected chi connectivity index (χ2v) is 4.25. The molecule has 2 N–H and O–H groups in total. The van der Waals surface area contributed by atoms with Crippen LogP contribution in [0.1, 0.15) is 24.8 Å². The first-order valence-corrected chi connectivity index (χ1v) is 5.44. The van der Waals surface area contributed by atoms with E-state index < -0.39 is 17.2 Å². The van der Waals surface area contributed by atoms with Crippen LogP contribution in [0.25, 0.3) is 0 Å². The summed E-state index contributed by atoms with van der Waals surface area (Å²) < 4.78 is 32.1. The third kappa shape index (κ3) is 2.23. The molecule has 1 aliphatic heterocycles. The number of benzene rings is 1. The Balaban J connectivity index is 2.36. The van der Waals surface area contributed by atoms with Crippen molar-refractivity contribution >= 4 is 0 Å². The van der Waals surface area contributed by atoms with E-state index in [0.29, 0.717) is 26.1 Å². The number of rotatable bonds is 1. The van der Waals surface area contributed by atoms with E-state index in [1.807, 2.05) is 0 Å². The van der Waals surface area contributed by atoms with Gasteiger partial charge in [-0.05, 0) is 37.5 Å². The first-order valence-electron chi connectivity index (χ1n) is 5.44. The third-order valence-electron chi connectivity index (χ3n) is 3.07. The van der Waals surface area contributed by atoms with Gasteiger partial charge < -0.3 is 10.5 Å². The highest BCUT2D eigenvalue weighted by Gasteiger charge is 2.31. The molecule has 0 saturated carbocycles. The highest BCUT2D eigenvalue weighted by molar-refractivity contribution is 5.27. The van der Waals surface area contributed by atoms with Crippen LogP contribution in [0.2, 0.25) is 0 Å². The van der Waals surface area contributed by atoms with Crippen molar-refractivity contribution in [1.82, 2.24) is 0 Å². The van der Waals surface area contributed by atoms with Crippen LogP contribution in [0.3, 0.4) is 0 Å². The van der Waals surface area contributed by atoms with Gasteiger partial charge in [0.15, 0.2) is 0 Å². The molecule has 2 nitrogen and oxygen atoms in total. The van der Waals surface area contributed by atoms with Crippen LogP contribution in [0.15, 0.2) is 18.2 Å². The zero-order valence-electron chi connectivity index (χ0n) is 9.01. The van der Waals surface area contributed by atoms with Crippen LogP contribution in [-0.2, 0) is 10.3 Å². The minimum absolute atomic E-state index is 0.262. The predicted molar refractivity (Wildman–Crippen MR) is 56.9 cm³/mol. The molecule has 1 aliphatic rings. The smallest absolute Gasteiger partial charge is 0.128 e. The van der Waals surface area contributed by atoms with E-state index in [2.05, 4.69) is 0 Å². The van der Waals surface area contributed by atoms with E-state index in [1.165, 1.54) is 6.07 Å². The van der Waals surface area contributed by atoms with E-state index in [-0.39, 0.29) is 5.56 Å². The lowest BCUT2D eigenvalue weighted by Gasteiger charge is -2.28. The first kappa shape index (κ1) is 11.5. The van der Waals surface area contributed by atoms with E-state index in [4.69, 9.17) is 10.5 Å². The van der Waals surface area contributed by atoms with Crippen LogP contribution in [0, 0.1) is 11.6 Å². The number of ether oxygens (including phenoxy) is 1. The Morgan fingerprint density at radius 1 is 1.19 bits per heavy atom. The second kappa shape index (κ2) is 4.47. The molecule has 0 bridgehead atoms. The summed E-state index contributed by atoms with van der Waals surface area (Å²) in [6, 6.07) is 3.43. The van der Waals surface area contributed by atoms with E-state index in [1.54, 1.807) is 0 Å².